The summed E-state index contributed by atoms with van der Waals surface area (Å²) in [6.07, 6.45) is 7.47. The minimum absolute atomic E-state index is 0.0474. The smallest absolute Gasteiger partial charge is 0.272 e. The lowest BCUT2D eigenvalue weighted by atomic mass is 9.99. The molecule has 2 aromatic rings. The van der Waals surface area contributed by atoms with Crippen LogP contribution in [0.15, 0.2) is 35.1 Å². The molecule has 0 N–H and O–H groups in total. The van der Waals surface area contributed by atoms with E-state index in [9.17, 15) is 4.79 Å². The molecule has 0 bridgehead atoms. The van der Waals surface area contributed by atoms with Crippen LogP contribution in [0.4, 0.5) is 0 Å². The zero-order valence-corrected chi connectivity index (χ0v) is 12.4. The molecule has 2 aromatic heterocycles. The van der Waals surface area contributed by atoms with E-state index in [-0.39, 0.29) is 11.9 Å². The molecular formula is C16H21N3O2. The highest BCUT2D eigenvalue weighted by Gasteiger charge is 2.31. The number of carbonyl (C=O) groups excluding carboxylic acids is 1. The second-order valence-electron chi connectivity index (χ2n) is 5.47. The average Bonchev–Trinajstić information content (AvgIpc) is 3.18. The Morgan fingerprint density at radius 2 is 2.33 bits per heavy atom. The van der Waals surface area contributed by atoms with E-state index in [0.717, 1.165) is 44.5 Å². The van der Waals surface area contributed by atoms with E-state index in [4.69, 9.17) is 4.42 Å². The number of aromatic nitrogens is 2. The van der Waals surface area contributed by atoms with Crippen LogP contribution in [0.3, 0.4) is 0 Å². The number of carbonyl (C=O) groups is 1. The molecule has 0 saturated carbocycles. The molecule has 21 heavy (non-hydrogen) atoms. The van der Waals surface area contributed by atoms with Crippen molar-refractivity contribution in [3.63, 3.8) is 0 Å². The van der Waals surface area contributed by atoms with Crippen molar-refractivity contribution in [2.24, 2.45) is 0 Å². The Hall–Kier alpha value is -2.04. The minimum Gasteiger partial charge on any atom is -0.467 e. The molecule has 5 heteroatoms. The van der Waals surface area contributed by atoms with Crippen molar-refractivity contribution in [2.45, 2.75) is 45.2 Å². The van der Waals surface area contributed by atoms with Crippen molar-refractivity contribution < 1.29 is 9.21 Å². The summed E-state index contributed by atoms with van der Waals surface area (Å²) in [6.45, 7) is 3.64. The highest BCUT2D eigenvalue weighted by atomic mass is 16.3. The van der Waals surface area contributed by atoms with Gasteiger partial charge in [0.15, 0.2) is 0 Å². The van der Waals surface area contributed by atoms with Gasteiger partial charge in [-0.25, -0.2) is 0 Å². The van der Waals surface area contributed by atoms with Gasteiger partial charge in [0.1, 0.15) is 11.5 Å². The zero-order chi connectivity index (χ0) is 14.7. The van der Waals surface area contributed by atoms with Crippen molar-refractivity contribution in [3.8, 4) is 0 Å². The summed E-state index contributed by atoms with van der Waals surface area (Å²) in [7, 11) is 0. The second kappa shape index (κ2) is 6.16. The number of hydrogen-bond donors (Lipinski definition) is 0. The van der Waals surface area contributed by atoms with Crippen LogP contribution in [-0.2, 0) is 6.54 Å². The average molecular weight is 287 g/mol. The maximum atomic E-state index is 12.9. The number of rotatable bonds is 4. The van der Waals surface area contributed by atoms with Crippen molar-refractivity contribution >= 4 is 5.91 Å². The molecule has 1 fully saturated rings. The lowest BCUT2D eigenvalue weighted by Crippen LogP contribution is -2.39. The Morgan fingerprint density at radius 3 is 3.10 bits per heavy atom. The van der Waals surface area contributed by atoms with Crippen molar-refractivity contribution in [3.05, 3.63) is 42.1 Å². The first kappa shape index (κ1) is 13.9. The summed E-state index contributed by atoms with van der Waals surface area (Å²) < 4.78 is 7.33. The molecule has 3 rings (SSSR count). The van der Waals surface area contributed by atoms with Crippen LogP contribution < -0.4 is 0 Å². The fourth-order valence-corrected chi connectivity index (χ4v) is 3.00. The van der Waals surface area contributed by atoms with Gasteiger partial charge in [0.2, 0.25) is 0 Å². The van der Waals surface area contributed by atoms with Crippen molar-refractivity contribution in [2.75, 3.05) is 6.54 Å². The molecule has 0 radical (unpaired) electrons. The third-order valence-corrected chi connectivity index (χ3v) is 4.01. The Morgan fingerprint density at radius 1 is 1.43 bits per heavy atom. The lowest BCUT2D eigenvalue weighted by Gasteiger charge is -2.34. The van der Waals surface area contributed by atoms with Crippen LogP contribution in [0, 0.1) is 0 Å². The van der Waals surface area contributed by atoms with Gasteiger partial charge < -0.3 is 9.32 Å². The Labute approximate surface area is 124 Å². The number of nitrogens with zero attached hydrogens (tertiary/aromatic N) is 3. The SMILES string of the molecule is CCCn1nccc1C(=O)N1CCCCC1c1ccco1. The fourth-order valence-electron chi connectivity index (χ4n) is 3.00. The molecule has 0 aliphatic carbocycles. The van der Waals surface area contributed by atoms with E-state index in [1.54, 1.807) is 17.1 Å². The van der Waals surface area contributed by atoms with E-state index in [1.165, 1.54) is 0 Å². The molecule has 1 saturated heterocycles. The van der Waals surface area contributed by atoms with Gasteiger partial charge in [-0.05, 0) is 43.9 Å². The molecule has 1 aliphatic rings. The minimum atomic E-state index is 0.0474. The normalized spacial score (nSPS) is 18.9. The highest BCUT2D eigenvalue weighted by Crippen LogP contribution is 2.32. The van der Waals surface area contributed by atoms with Crippen LogP contribution in [0.2, 0.25) is 0 Å². The maximum absolute atomic E-state index is 12.9. The molecule has 5 nitrogen and oxygen atoms in total. The highest BCUT2D eigenvalue weighted by molar-refractivity contribution is 5.92. The van der Waals surface area contributed by atoms with Crippen LogP contribution in [-0.4, -0.2) is 27.1 Å². The first-order valence-electron chi connectivity index (χ1n) is 7.67. The lowest BCUT2D eigenvalue weighted by molar-refractivity contribution is 0.0567. The van der Waals surface area contributed by atoms with Crippen LogP contribution >= 0.6 is 0 Å². The predicted octanol–water partition coefficient (Wildman–Crippen LogP) is 3.25. The summed E-state index contributed by atoms with van der Waals surface area (Å²) in [5, 5.41) is 4.26. The summed E-state index contributed by atoms with van der Waals surface area (Å²) in [4.78, 5) is 14.8. The maximum Gasteiger partial charge on any atom is 0.272 e. The Balaban J connectivity index is 1.86. The largest absolute Gasteiger partial charge is 0.467 e. The molecule has 3 heterocycles. The topological polar surface area (TPSA) is 51.3 Å². The molecule has 0 aromatic carbocycles. The van der Waals surface area contributed by atoms with Gasteiger partial charge >= 0.3 is 0 Å². The van der Waals surface area contributed by atoms with Gasteiger partial charge in [-0.2, -0.15) is 5.10 Å². The van der Waals surface area contributed by atoms with Crippen LogP contribution in [0.1, 0.15) is 54.9 Å². The monoisotopic (exact) mass is 287 g/mol. The fraction of sp³-hybridized carbons (Fsp3) is 0.500. The summed E-state index contributed by atoms with van der Waals surface area (Å²) in [5.74, 6) is 0.937. The molecule has 1 aliphatic heterocycles. The number of likely N-dealkylation sites (tertiary alicyclic amines) is 1. The number of aryl methyl sites for hydroxylation is 1. The zero-order valence-electron chi connectivity index (χ0n) is 12.4. The first-order valence-corrected chi connectivity index (χ1v) is 7.67. The predicted molar refractivity (Wildman–Crippen MR) is 78.9 cm³/mol. The van der Waals surface area contributed by atoms with Gasteiger partial charge in [-0.3, -0.25) is 9.48 Å². The van der Waals surface area contributed by atoms with Gasteiger partial charge in [-0.15, -0.1) is 0 Å². The third-order valence-electron chi connectivity index (χ3n) is 4.01. The molecule has 1 amide bonds. The van der Waals surface area contributed by atoms with E-state index < -0.39 is 0 Å². The number of hydrogen-bond acceptors (Lipinski definition) is 3. The number of amides is 1. The second-order valence-corrected chi connectivity index (χ2v) is 5.47. The summed E-state index contributed by atoms with van der Waals surface area (Å²) in [5.41, 5.74) is 0.676. The van der Waals surface area contributed by atoms with Crippen molar-refractivity contribution in [1.82, 2.24) is 14.7 Å². The van der Waals surface area contributed by atoms with Crippen molar-refractivity contribution in [1.29, 1.82) is 0 Å². The molecule has 0 spiro atoms. The number of piperidine rings is 1. The van der Waals surface area contributed by atoms with E-state index in [1.807, 2.05) is 23.1 Å². The third kappa shape index (κ3) is 2.73. The standard InChI is InChI=1S/C16H21N3O2/c1-2-10-19-14(8-9-17-19)16(20)18-11-4-3-6-13(18)15-7-5-12-21-15/h5,7-9,12-13H,2-4,6,10-11H2,1H3. The Kier molecular flexibility index (Phi) is 4.08. The quantitative estimate of drug-likeness (QED) is 0.867. The molecule has 1 unspecified atom stereocenters. The van der Waals surface area contributed by atoms with Crippen LogP contribution in [0.25, 0.3) is 0 Å². The van der Waals surface area contributed by atoms with Gasteiger partial charge in [0.25, 0.3) is 5.91 Å². The van der Waals surface area contributed by atoms with Crippen LogP contribution in [0.5, 0.6) is 0 Å². The Bertz CT molecular complexity index is 588. The number of furan rings is 1. The van der Waals surface area contributed by atoms with Gasteiger partial charge in [-0.1, -0.05) is 6.92 Å². The summed E-state index contributed by atoms with van der Waals surface area (Å²) >= 11 is 0. The van der Waals surface area contributed by atoms with E-state index in [0.29, 0.717) is 5.69 Å². The summed E-state index contributed by atoms with van der Waals surface area (Å²) in [6, 6.07) is 5.70. The molecular weight excluding hydrogens is 266 g/mol. The first-order chi connectivity index (χ1) is 10.3. The van der Waals surface area contributed by atoms with Gasteiger partial charge in [0, 0.05) is 19.3 Å². The van der Waals surface area contributed by atoms with Gasteiger partial charge in [0.05, 0.1) is 12.3 Å². The molecule has 112 valence electrons. The van der Waals surface area contributed by atoms with E-state index >= 15 is 0 Å². The van der Waals surface area contributed by atoms with E-state index in [2.05, 4.69) is 12.0 Å². The molecule has 1 atom stereocenters.